The van der Waals surface area contributed by atoms with Gasteiger partial charge in [0.15, 0.2) is 12.6 Å². The van der Waals surface area contributed by atoms with Gasteiger partial charge in [0.05, 0.1) is 11.2 Å². The molecule has 0 aromatic heterocycles. The molecular weight excluding hydrogens is 350 g/mol. The van der Waals surface area contributed by atoms with Crippen molar-refractivity contribution < 1.29 is 24.2 Å². The summed E-state index contributed by atoms with van der Waals surface area (Å²) in [6, 6.07) is 6.61. The SMILES string of the molecule is COCC(NC(=O)COc1ccc(C2SCCCS2)cc1)C(=O)O. The number of benzene rings is 1. The number of nitrogens with one attached hydrogen (secondary N) is 1. The molecule has 24 heavy (non-hydrogen) atoms. The maximum atomic E-state index is 11.8. The molecule has 1 unspecified atom stereocenters. The van der Waals surface area contributed by atoms with E-state index in [0.29, 0.717) is 10.3 Å². The van der Waals surface area contributed by atoms with E-state index in [1.54, 1.807) is 0 Å². The van der Waals surface area contributed by atoms with E-state index in [1.165, 1.54) is 30.6 Å². The molecular formula is C16H21NO5S2. The first-order valence-corrected chi connectivity index (χ1v) is 9.67. The van der Waals surface area contributed by atoms with Crippen molar-refractivity contribution in [2.45, 2.75) is 17.0 Å². The highest BCUT2D eigenvalue weighted by Crippen LogP contribution is 2.43. The van der Waals surface area contributed by atoms with Gasteiger partial charge >= 0.3 is 5.97 Å². The molecule has 1 amide bonds. The standard InChI is InChI=1S/C16H21NO5S2/c1-21-9-13(15(19)20)17-14(18)10-22-12-5-3-11(4-6-12)16-23-7-2-8-24-16/h3-6,13,16H,2,7-10H2,1H3,(H,17,18)(H,19,20). The van der Waals surface area contributed by atoms with Crippen LogP contribution in [0.3, 0.4) is 0 Å². The molecule has 1 heterocycles. The lowest BCUT2D eigenvalue weighted by Gasteiger charge is -2.21. The Balaban J connectivity index is 1.81. The Labute approximate surface area is 149 Å². The average molecular weight is 371 g/mol. The van der Waals surface area contributed by atoms with Gasteiger partial charge in [-0.2, -0.15) is 0 Å². The summed E-state index contributed by atoms with van der Waals surface area (Å²) in [6.45, 7) is -0.327. The Morgan fingerprint density at radius 3 is 2.54 bits per heavy atom. The van der Waals surface area contributed by atoms with Crippen molar-refractivity contribution in [1.82, 2.24) is 5.32 Å². The van der Waals surface area contributed by atoms with Gasteiger partial charge in [0.25, 0.3) is 5.91 Å². The van der Waals surface area contributed by atoms with Gasteiger partial charge in [0.2, 0.25) is 0 Å². The number of carboxylic acids is 1. The summed E-state index contributed by atoms with van der Waals surface area (Å²) in [5.41, 5.74) is 1.24. The molecule has 8 heteroatoms. The van der Waals surface area contributed by atoms with Crippen molar-refractivity contribution in [3.8, 4) is 5.75 Å². The van der Waals surface area contributed by atoms with E-state index >= 15 is 0 Å². The van der Waals surface area contributed by atoms with Gasteiger partial charge in [-0.05, 0) is 35.6 Å². The molecule has 0 radical (unpaired) electrons. The number of amides is 1. The van der Waals surface area contributed by atoms with Crippen molar-refractivity contribution in [1.29, 1.82) is 0 Å². The van der Waals surface area contributed by atoms with Crippen molar-refractivity contribution >= 4 is 35.4 Å². The lowest BCUT2D eigenvalue weighted by molar-refractivity contribution is -0.143. The molecule has 1 aliphatic rings. The third kappa shape index (κ3) is 5.92. The first-order chi connectivity index (χ1) is 11.6. The van der Waals surface area contributed by atoms with Crippen molar-refractivity contribution in [3.63, 3.8) is 0 Å². The summed E-state index contributed by atoms with van der Waals surface area (Å²) in [5.74, 6) is 1.31. The van der Waals surface area contributed by atoms with Gasteiger partial charge in [0, 0.05) is 7.11 Å². The van der Waals surface area contributed by atoms with Crippen LogP contribution < -0.4 is 10.1 Å². The van der Waals surface area contributed by atoms with E-state index in [1.807, 2.05) is 47.8 Å². The lowest BCUT2D eigenvalue weighted by Crippen LogP contribution is -2.45. The van der Waals surface area contributed by atoms with Crippen LogP contribution in [0.15, 0.2) is 24.3 Å². The molecule has 0 saturated carbocycles. The van der Waals surface area contributed by atoms with Gasteiger partial charge in [-0.3, -0.25) is 4.79 Å². The highest BCUT2D eigenvalue weighted by molar-refractivity contribution is 8.16. The van der Waals surface area contributed by atoms with Crippen LogP contribution in [0, 0.1) is 0 Å². The van der Waals surface area contributed by atoms with Crippen molar-refractivity contribution in [2.24, 2.45) is 0 Å². The van der Waals surface area contributed by atoms with Gasteiger partial charge in [-0.25, -0.2) is 4.79 Å². The monoisotopic (exact) mass is 371 g/mol. The number of aliphatic carboxylic acids is 1. The summed E-state index contributed by atoms with van der Waals surface area (Å²) >= 11 is 3.89. The largest absolute Gasteiger partial charge is 0.484 e. The van der Waals surface area contributed by atoms with E-state index in [2.05, 4.69) is 5.32 Å². The van der Waals surface area contributed by atoms with Gasteiger partial charge < -0.3 is 19.9 Å². The minimum Gasteiger partial charge on any atom is -0.484 e. The Morgan fingerprint density at radius 2 is 1.96 bits per heavy atom. The lowest BCUT2D eigenvalue weighted by atomic mass is 10.2. The van der Waals surface area contributed by atoms with Crippen molar-refractivity contribution in [3.05, 3.63) is 29.8 Å². The van der Waals surface area contributed by atoms with Crippen LogP contribution >= 0.6 is 23.5 Å². The fourth-order valence-electron chi connectivity index (χ4n) is 2.13. The second kappa shape index (κ2) is 9.80. The van der Waals surface area contributed by atoms with Crippen LogP contribution in [-0.4, -0.2) is 54.9 Å². The quantitative estimate of drug-likeness (QED) is 0.724. The molecule has 1 atom stereocenters. The topological polar surface area (TPSA) is 84.9 Å². The zero-order valence-electron chi connectivity index (χ0n) is 13.4. The molecule has 1 aliphatic heterocycles. The smallest absolute Gasteiger partial charge is 0.328 e. The Bertz CT molecular complexity index is 546. The predicted octanol–water partition coefficient (Wildman–Crippen LogP) is 2.15. The second-order valence-electron chi connectivity index (χ2n) is 5.20. The Morgan fingerprint density at radius 1 is 1.29 bits per heavy atom. The van der Waals surface area contributed by atoms with Crippen LogP contribution in [0.4, 0.5) is 0 Å². The minimum atomic E-state index is -1.14. The minimum absolute atomic E-state index is 0.0908. The third-order valence-corrected chi connectivity index (χ3v) is 6.33. The number of rotatable bonds is 8. The number of methoxy groups -OCH3 is 1. The number of ether oxygens (including phenoxy) is 2. The number of carbonyl (C=O) groups is 2. The molecule has 0 spiro atoms. The molecule has 1 saturated heterocycles. The summed E-state index contributed by atoms with van der Waals surface area (Å²) in [4.78, 5) is 22.7. The molecule has 0 aliphatic carbocycles. The molecule has 2 rings (SSSR count). The van der Waals surface area contributed by atoms with Crippen molar-refractivity contribution in [2.75, 3.05) is 31.8 Å². The summed E-state index contributed by atoms with van der Waals surface area (Å²) in [6.07, 6.45) is 1.25. The zero-order chi connectivity index (χ0) is 17.4. The molecule has 1 aromatic carbocycles. The van der Waals surface area contributed by atoms with Crippen LogP contribution in [0.2, 0.25) is 0 Å². The Hall–Kier alpha value is -1.38. The van der Waals surface area contributed by atoms with E-state index in [0.717, 1.165) is 0 Å². The maximum absolute atomic E-state index is 11.8. The molecule has 1 aromatic rings. The number of hydrogen-bond acceptors (Lipinski definition) is 6. The average Bonchev–Trinajstić information content (AvgIpc) is 2.61. The number of hydrogen-bond donors (Lipinski definition) is 2. The molecule has 2 N–H and O–H groups in total. The summed E-state index contributed by atoms with van der Waals surface area (Å²) < 4.78 is 10.6. The van der Waals surface area contributed by atoms with Gasteiger partial charge in [-0.1, -0.05) is 12.1 Å². The third-order valence-electron chi connectivity index (χ3n) is 3.32. The zero-order valence-corrected chi connectivity index (χ0v) is 15.0. The normalized spacial score (nSPS) is 16.4. The summed E-state index contributed by atoms with van der Waals surface area (Å²) in [7, 11) is 1.38. The summed E-state index contributed by atoms with van der Waals surface area (Å²) in [5, 5.41) is 11.3. The van der Waals surface area contributed by atoms with Crippen LogP contribution in [0.1, 0.15) is 16.6 Å². The van der Waals surface area contributed by atoms with Gasteiger partial charge in [0.1, 0.15) is 5.75 Å². The first-order valence-electron chi connectivity index (χ1n) is 7.57. The number of thioether (sulfide) groups is 2. The molecule has 132 valence electrons. The maximum Gasteiger partial charge on any atom is 0.328 e. The molecule has 6 nitrogen and oxygen atoms in total. The van der Waals surface area contributed by atoms with Crippen LogP contribution in [-0.2, 0) is 14.3 Å². The van der Waals surface area contributed by atoms with E-state index in [-0.39, 0.29) is 13.2 Å². The van der Waals surface area contributed by atoms with Crippen LogP contribution in [0.5, 0.6) is 5.75 Å². The van der Waals surface area contributed by atoms with E-state index < -0.39 is 17.9 Å². The van der Waals surface area contributed by atoms with Crippen LogP contribution in [0.25, 0.3) is 0 Å². The number of carbonyl (C=O) groups excluding carboxylic acids is 1. The fraction of sp³-hybridized carbons (Fsp3) is 0.500. The highest BCUT2D eigenvalue weighted by Gasteiger charge is 2.20. The highest BCUT2D eigenvalue weighted by atomic mass is 32.2. The molecule has 0 bridgehead atoms. The number of carboxylic acid groups (broad SMARTS) is 1. The van der Waals surface area contributed by atoms with E-state index in [4.69, 9.17) is 14.6 Å². The Kier molecular flexibility index (Phi) is 7.74. The first kappa shape index (κ1) is 19.0. The molecule has 1 fully saturated rings. The van der Waals surface area contributed by atoms with E-state index in [9.17, 15) is 9.59 Å². The van der Waals surface area contributed by atoms with Gasteiger partial charge in [-0.15, -0.1) is 23.5 Å². The second-order valence-corrected chi connectivity index (χ2v) is 7.92. The fourth-order valence-corrected chi connectivity index (χ4v) is 5.02. The predicted molar refractivity (Wildman–Crippen MR) is 95.7 cm³/mol.